The molecular weight excluding hydrogens is 761 g/mol. The van der Waals surface area contributed by atoms with Crippen molar-refractivity contribution in [2.24, 2.45) is 0 Å². The van der Waals surface area contributed by atoms with E-state index < -0.39 is 0 Å². The Kier molecular flexibility index (Phi) is 8.55. The van der Waals surface area contributed by atoms with Crippen LogP contribution in [-0.2, 0) is 5.41 Å². The number of rotatable bonds is 6. The molecule has 12 rings (SSSR count). The zero-order valence-electron chi connectivity index (χ0n) is 35.3. The van der Waals surface area contributed by atoms with Crippen LogP contribution in [-0.4, -0.2) is 0 Å². The third kappa shape index (κ3) is 6.02. The van der Waals surface area contributed by atoms with Gasteiger partial charge in [0.15, 0.2) is 0 Å². The molecule has 0 fully saturated rings. The van der Waals surface area contributed by atoms with Gasteiger partial charge in [0.05, 0.1) is 11.4 Å². The number of fused-ring (bicyclic) bond motifs is 7. The van der Waals surface area contributed by atoms with Crippen molar-refractivity contribution >= 4 is 44.9 Å². The Bertz CT molecular complexity index is 3340. The highest BCUT2D eigenvalue weighted by atomic mass is 15.2. The summed E-state index contributed by atoms with van der Waals surface area (Å²) in [6.45, 7) is 4.76. The second kappa shape index (κ2) is 14.6. The first-order chi connectivity index (χ1) is 31.0. The lowest BCUT2D eigenvalue weighted by Gasteiger charge is -2.36. The van der Waals surface area contributed by atoms with E-state index in [0.717, 1.165) is 22.7 Å². The summed E-state index contributed by atoms with van der Waals surface area (Å²) in [5.74, 6) is 0. The van der Waals surface area contributed by atoms with Crippen molar-refractivity contribution in [3.8, 4) is 55.6 Å². The van der Waals surface area contributed by atoms with Crippen molar-refractivity contribution in [2.45, 2.75) is 19.3 Å². The number of anilines is 6. The van der Waals surface area contributed by atoms with E-state index in [-0.39, 0.29) is 5.41 Å². The zero-order valence-corrected chi connectivity index (χ0v) is 35.3. The van der Waals surface area contributed by atoms with Crippen molar-refractivity contribution in [3.05, 3.63) is 242 Å². The molecule has 1 aliphatic carbocycles. The minimum atomic E-state index is -0.187. The number of hydrogen-bond acceptors (Lipinski definition) is 2. The van der Waals surface area contributed by atoms with E-state index in [2.05, 4.69) is 254 Å². The summed E-state index contributed by atoms with van der Waals surface area (Å²) >= 11 is 0. The van der Waals surface area contributed by atoms with Gasteiger partial charge in [-0.25, -0.2) is 0 Å². The molecule has 298 valence electrons. The molecular formula is C61H44N2. The van der Waals surface area contributed by atoms with E-state index in [1.807, 2.05) is 0 Å². The maximum absolute atomic E-state index is 2.43. The molecule has 0 N–H and O–H groups in total. The number of para-hydroxylation sites is 2. The Morgan fingerprint density at radius 1 is 0.333 bits per heavy atom. The summed E-state index contributed by atoms with van der Waals surface area (Å²) in [6.07, 6.45) is 0. The van der Waals surface area contributed by atoms with Crippen molar-refractivity contribution in [1.29, 1.82) is 0 Å². The maximum Gasteiger partial charge on any atom is 0.0540 e. The van der Waals surface area contributed by atoms with Gasteiger partial charge in [-0.05, 0) is 133 Å². The third-order valence-electron chi connectivity index (χ3n) is 13.4. The Hall–Kier alpha value is -7.94. The van der Waals surface area contributed by atoms with Crippen LogP contribution in [0.2, 0.25) is 0 Å². The van der Waals surface area contributed by atoms with Gasteiger partial charge in [-0.2, -0.15) is 0 Å². The maximum atomic E-state index is 2.43. The molecule has 10 aromatic carbocycles. The van der Waals surface area contributed by atoms with Gasteiger partial charge in [0.1, 0.15) is 0 Å². The van der Waals surface area contributed by atoms with E-state index in [9.17, 15) is 0 Å². The summed E-state index contributed by atoms with van der Waals surface area (Å²) < 4.78 is 0. The highest BCUT2D eigenvalue weighted by Crippen LogP contribution is 2.53. The number of benzene rings is 10. The van der Waals surface area contributed by atoms with Gasteiger partial charge in [-0.15, -0.1) is 0 Å². The zero-order chi connectivity index (χ0) is 42.1. The first-order valence-electron chi connectivity index (χ1n) is 21.9. The molecule has 0 saturated heterocycles. The predicted molar refractivity (Wildman–Crippen MR) is 266 cm³/mol. The standard InChI is InChI=1S/C61H44N2/c1-61(2)56-25-14-18-44-17-13-24-54(60(44)56)52-37-36-49(40-57(52)61)62(47-32-27-42(28-33-47)41-15-5-3-6-16-41)48-34-29-43(30-35-48)45-31-38-59-55(39-45)51-22-10-9-21-50(51)53-23-11-12-26-58(53)63(59)46-19-7-4-8-20-46/h3-40H,1-2H3. The predicted octanol–water partition coefficient (Wildman–Crippen LogP) is 17.1. The third-order valence-corrected chi connectivity index (χ3v) is 13.4. The molecule has 0 spiro atoms. The fourth-order valence-electron chi connectivity index (χ4n) is 10.3. The van der Waals surface area contributed by atoms with Crippen LogP contribution in [0.1, 0.15) is 25.0 Å². The van der Waals surface area contributed by atoms with E-state index in [4.69, 9.17) is 0 Å². The van der Waals surface area contributed by atoms with E-state index >= 15 is 0 Å². The second-order valence-electron chi connectivity index (χ2n) is 17.3. The molecule has 10 aromatic rings. The lowest BCUT2D eigenvalue weighted by Crippen LogP contribution is -2.24. The van der Waals surface area contributed by atoms with Crippen LogP contribution in [0.25, 0.3) is 66.4 Å². The molecule has 1 heterocycles. The van der Waals surface area contributed by atoms with Crippen molar-refractivity contribution in [1.82, 2.24) is 0 Å². The first-order valence-corrected chi connectivity index (χ1v) is 21.9. The molecule has 2 nitrogen and oxygen atoms in total. The lowest BCUT2D eigenvalue weighted by atomic mass is 9.68. The van der Waals surface area contributed by atoms with Crippen LogP contribution in [0.4, 0.5) is 34.1 Å². The lowest BCUT2D eigenvalue weighted by molar-refractivity contribution is 0.645. The fraction of sp³-hybridized carbons (Fsp3) is 0.0492. The first kappa shape index (κ1) is 36.9. The van der Waals surface area contributed by atoms with Crippen LogP contribution in [0.5, 0.6) is 0 Å². The van der Waals surface area contributed by atoms with Crippen molar-refractivity contribution in [2.75, 3.05) is 9.80 Å². The van der Waals surface area contributed by atoms with Crippen LogP contribution >= 0.6 is 0 Å². The number of nitrogens with zero attached hydrogens (tertiary/aromatic N) is 2. The molecule has 1 aliphatic heterocycles. The van der Waals surface area contributed by atoms with Crippen LogP contribution in [0.3, 0.4) is 0 Å². The Morgan fingerprint density at radius 2 is 0.857 bits per heavy atom. The molecule has 0 amide bonds. The quantitative estimate of drug-likeness (QED) is 0.165. The highest BCUT2D eigenvalue weighted by Gasteiger charge is 2.34. The van der Waals surface area contributed by atoms with E-state index in [1.165, 1.54) is 88.9 Å². The molecule has 0 atom stereocenters. The summed E-state index contributed by atoms with van der Waals surface area (Å²) in [7, 11) is 0. The largest absolute Gasteiger partial charge is 0.310 e. The van der Waals surface area contributed by atoms with Gasteiger partial charge < -0.3 is 9.80 Å². The van der Waals surface area contributed by atoms with Gasteiger partial charge in [-0.1, -0.05) is 178 Å². The monoisotopic (exact) mass is 804 g/mol. The Labute approximate surface area is 369 Å². The molecule has 2 heteroatoms. The van der Waals surface area contributed by atoms with Gasteiger partial charge in [0, 0.05) is 39.3 Å². The Balaban J connectivity index is 0.980. The average Bonchev–Trinajstić information content (AvgIpc) is 3.47. The summed E-state index contributed by atoms with van der Waals surface area (Å²) in [4.78, 5) is 4.83. The van der Waals surface area contributed by atoms with E-state index in [0.29, 0.717) is 0 Å². The molecule has 0 bridgehead atoms. The Morgan fingerprint density at radius 3 is 1.57 bits per heavy atom. The normalized spacial score (nSPS) is 13.0. The number of hydrogen-bond donors (Lipinski definition) is 0. The molecule has 0 aromatic heterocycles. The van der Waals surface area contributed by atoms with Crippen LogP contribution < -0.4 is 9.80 Å². The SMILES string of the molecule is CC1(C)c2cc(N(c3ccc(-c4ccccc4)cc3)c3ccc(-c4ccc5c(c4)-c4ccccc4-c4ccccc4N5c4ccccc4)cc3)ccc2-c2cccc3cccc1c23. The van der Waals surface area contributed by atoms with Gasteiger partial charge in [0.25, 0.3) is 0 Å². The minimum absolute atomic E-state index is 0.187. The van der Waals surface area contributed by atoms with Gasteiger partial charge in [-0.3, -0.25) is 0 Å². The van der Waals surface area contributed by atoms with Crippen molar-refractivity contribution in [3.63, 3.8) is 0 Å². The summed E-state index contributed by atoms with van der Waals surface area (Å²) in [5.41, 5.74) is 21.6. The fourth-order valence-corrected chi connectivity index (χ4v) is 10.3. The smallest absolute Gasteiger partial charge is 0.0540 e. The topological polar surface area (TPSA) is 6.48 Å². The molecule has 63 heavy (non-hydrogen) atoms. The average molecular weight is 805 g/mol. The van der Waals surface area contributed by atoms with Gasteiger partial charge in [0.2, 0.25) is 0 Å². The van der Waals surface area contributed by atoms with Crippen molar-refractivity contribution < 1.29 is 0 Å². The van der Waals surface area contributed by atoms with Crippen LogP contribution in [0, 0.1) is 0 Å². The van der Waals surface area contributed by atoms with Crippen LogP contribution in [0.15, 0.2) is 231 Å². The minimum Gasteiger partial charge on any atom is -0.310 e. The molecule has 0 saturated carbocycles. The highest BCUT2D eigenvalue weighted by molar-refractivity contribution is 6.05. The molecule has 2 aliphatic rings. The summed E-state index contributed by atoms with van der Waals surface area (Å²) in [6, 6.07) is 84.7. The molecule has 0 unspecified atom stereocenters. The summed E-state index contributed by atoms with van der Waals surface area (Å²) in [5, 5.41) is 2.66. The second-order valence-corrected chi connectivity index (χ2v) is 17.3. The molecule has 0 radical (unpaired) electrons. The van der Waals surface area contributed by atoms with E-state index in [1.54, 1.807) is 0 Å². The van der Waals surface area contributed by atoms with Gasteiger partial charge >= 0.3 is 0 Å².